The number of nitrogens with zero attached hydrogens (tertiary/aromatic N) is 1. The fourth-order valence-corrected chi connectivity index (χ4v) is 3.08. The molecule has 98 valence electrons. The van der Waals surface area contributed by atoms with Gasteiger partial charge in [0.2, 0.25) is 5.91 Å². The van der Waals surface area contributed by atoms with Gasteiger partial charge in [-0.15, -0.1) is 0 Å². The maximum absolute atomic E-state index is 12.2. The summed E-state index contributed by atoms with van der Waals surface area (Å²) < 4.78 is 0. The van der Waals surface area contributed by atoms with Crippen LogP contribution in [0.5, 0.6) is 0 Å². The van der Waals surface area contributed by atoms with Crippen LogP contribution in [0.15, 0.2) is 0 Å². The third-order valence-corrected chi connectivity index (χ3v) is 3.99. The van der Waals surface area contributed by atoms with Crippen LogP contribution in [-0.2, 0) is 4.79 Å². The summed E-state index contributed by atoms with van der Waals surface area (Å²) in [6.07, 6.45) is 7.35. The second kappa shape index (κ2) is 5.83. The Morgan fingerprint density at radius 1 is 1.29 bits per heavy atom. The normalized spacial score (nSPS) is 32.6. The maximum Gasteiger partial charge on any atom is 0.242 e. The number of hydrogen-bond donors (Lipinski definition) is 2. The molecule has 0 radical (unpaired) electrons. The van der Waals surface area contributed by atoms with Gasteiger partial charge in [-0.05, 0) is 19.8 Å². The number of nitrogens with one attached hydrogen (secondary N) is 1. The van der Waals surface area contributed by atoms with E-state index in [4.69, 9.17) is 0 Å². The van der Waals surface area contributed by atoms with Crippen molar-refractivity contribution in [1.82, 2.24) is 10.2 Å². The number of amides is 1. The molecule has 2 fully saturated rings. The van der Waals surface area contributed by atoms with Crippen LogP contribution < -0.4 is 5.32 Å². The van der Waals surface area contributed by atoms with Gasteiger partial charge in [-0.1, -0.05) is 25.7 Å². The molecule has 0 aromatic rings. The van der Waals surface area contributed by atoms with Gasteiger partial charge in [0.05, 0.1) is 6.61 Å². The Balaban J connectivity index is 2.03. The van der Waals surface area contributed by atoms with Gasteiger partial charge in [0, 0.05) is 18.6 Å². The molecule has 1 aliphatic heterocycles. The minimum absolute atomic E-state index is 0.0909. The average Bonchev–Trinajstić information content (AvgIpc) is 2.60. The van der Waals surface area contributed by atoms with Crippen LogP contribution in [0.3, 0.4) is 0 Å². The summed E-state index contributed by atoms with van der Waals surface area (Å²) in [6.45, 7) is 2.78. The van der Waals surface area contributed by atoms with E-state index in [1.807, 2.05) is 4.90 Å². The highest BCUT2D eigenvalue weighted by Crippen LogP contribution is 2.24. The van der Waals surface area contributed by atoms with Gasteiger partial charge in [-0.25, -0.2) is 0 Å². The molecule has 4 heteroatoms. The molecule has 1 saturated heterocycles. The molecule has 2 aliphatic rings. The van der Waals surface area contributed by atoms with E-state index in [0.29, 0.717) is 6.04 Å². The Morgan fingerprint density at radius 2 is 1.94 bits per heavy atom. The molecule has 2 unspecified atom stereocenters. The third kappa shape index (κ3) is 2.99. The largest absolute Gasteiger partial charge is 0.394 e. The molecule has 2 rings (SSSR count). The minimum atomic E-state index is -0.387. The van der Waals surface area contributed by atoms with Crippen molar-refractivity contribution in [3.8, 4) is 0 Å². The summed E-state index contributed by atoms with van der Waals surface area (Å²) >= 11 is 0. The van der Waals surface area contributed by atoms with Crippen molar-refractivity contribution >= 4 is 5.91 Å². The summed E-state index contributed by atoms with van der Waals surface area (Å²) in [7, 11) is 0. The first kappa shape index (κ1) is 12.8. The van der Waals surface area contributed by atoms with Gasteiger partial charge in [0.25, 0.3) is 0 Å². The predicted molar refractivity (Wildman–Crippen MR) is 66.7 cm³/mol. The topological polar surface area (TPSA) is 52.6 Å². The fourth-order valence-electron chi connectivity index (χ4n) is 3.08. The number of aliphatic hydroxyl groups is 1. The zero-order chi connectivity index (χ0) is 12.3. The van der Waals surface area contributed by atoms with Crippen LogP contribution in [0.2, 0.25) is 0 Å². The van der Waals surface area contributed by atoms with Gasteiger partial charge in [-0.3, -0.25) is 10.1 Å². The lowest BCUT2D eigenvalue weighted by molar-refractivity contribution is -0.141. The number of carbonyl (C=O) groups excluding carboxylic acids is 1. The number of rotatable bonds is 2. The van der Waals surface area contributed by atoms with E-state index in [1.54, 1.807) is 0 Å². The molecular weight excluding hydrogens is 216 g/mol. The van der Waals surface area contributed by atoms with E-state index in [-0.39, 0.29) is 24.6 Å². The number of carbonyl (C=O) groups is 1. The lowest BCUT2D eigenvalue weighted by Crippen LogP contribution is -2.62. The Bertz CT molecular complexity index is 262. The zero-order valence-electron chi connectivity index (χ0n) is 10.7. The molecular formula is C13H24N2O2. The highest BCUT2D eigenvalue weighted by Gasteiger charge is 2.35. The van der Waals surface area contributed by atoms with Crippen LogP contribution in [0, 0.1) is 0 Å². The third-order valence-electron chi connectivity index (χ3n) is 3.99. The van der Waals surface area contributed by atoms with Crippen molar-refractivity contribution in [3.05, 3.63) is 0 Å². The summed E-state index contributed by atoms with van der Waals surface area (Å²) in [4.78, 5) is 14.2. The lowest BCUT2D eigenvalue weighted by Gasteiger charge is -2.41. The van der Waals surface area contributed by atoms with Gasteiger partial charge in [0.1, 0.15) is 6.04 Å². The second-order valence-electron chi connectivity index (χ2n) is 5.44. The van der Waals surface area contributed by atoms with Gasteiger partial charge < -0.3 is 10.0 Å². The Morgan fingerprint density at radius 3 is 2.53 bits per heavy atom. The minimum Gasteiger partial charge on any atom is -0.394 e. The molecule has 1 saturated carbocycles. The van der Waals surface area contributed by atoms with Crippen molar-refractivity contribution in [2.45, 2.75) is 63.6 Å². The van der Waals surface area contributed by atoms with Crippen LogP contribution in [-0.4, -0.2) is 47.2 Å². The van der Waals surface area contributed by atoms with Gasteiger partial charge in [-0.2, -0.15) is 0 Å². The zero-order valence-corrected chi connectivity index (χ0v) is 10.7. The molecule has 4 nitrogen and oxygen atoms in total. The van der Waals surface area contributed by atoms with Crippen LogP contribution in [0.1, 0.15) is 45.4 Å². The van der Waals surface area contributed by atoms with E-state index in [1.165, 1.54) is 25.7 Å². The first-order valence-electron chi connectivity index (χ1n) is 6.89. The lowest BCUT2D eigenvalue weighted by atomic mass is 10.0. The number of piperazine rings is 1. The Labute approximate surface area is 103 Å². The highest BCUT2D eigenvalue weighted by atomic mass is 16.3. The summed E-state index contributed by atoms with van der Waals surface area (Å²) in [5.41, 5.74) is 0. The highest BCUT2D eigenvalue weighted by molar-refractivity contribution is 5.83. The van der Waals surface area contributed by atoms with Crippen molar-refractivity contribution in [1.29, 1.82) is 0 Å². The summed E-state index contributed by atoms with van der Waals surface area (Å²) in [5, 5.41) is 12.4. The number of hydrogen-bond acceptors (Lipinski definition) is 3. The monoisotopic (exact) mass is 240 g/mol. The summed E-state index contributed by atoms with van der Waals surface area (Å²) in [6, 6.07) is 0.304. The molecule has 1 aliphatic carbocycles. The smallest absolute Gasteiger partial charge is 0.242 e. The van der Waals surface area contributed by atoms with Crippen molar-refractivity contribution in [3.63, 3.8) is 0 Å². The molecule has 1 heterocycles. The van der Waals surface area contributed by atoms with E-state index in [2.05, 4.69) is 12.2 Å². The quantitative estimate of drug-likeness (QED) is 0.705. The Kier molecular flexibility index (Phi) is 4.40. The molecule has 17 heavy (non-hydrogen) atoms. The molecule has 0 aromatic heterocycles. The fraction of sp³-hybridized carbons (Fsp3) is 0.923. The van der Waals surface area contributed by atoms with Crippen LogP contribution in [0.4, 0.5) is 0 Å². The SMILES string of the molecule is CC1CN(C2CCCCCC2)C(=O)C(CO)N1. The van der Waals surface area contributed by atoms with E-state index >= 15 is 0 Å². The van der Waals surface area contributed by atoms with Gasteiger partial charge >= 0.3 is 0 Å². The van der Waals surface area contributed by atoms with Crippen molar-refractivity contribution < 1.29 is 9.90 Å². The first-order valence-corrected chi connectivity index (χ1v) is 6.89. The Hall–Kier alpha value is -0.610. The standard InChI is InChI=1S/C13H24N2O2/c1-10-8-15(13(17)12(9-16)14-10)11-6-4-2-3-5-7-11/h10-12,14,16H,2-9H2,1H3. The molecule has 1 amide bonds. The number of aliphatic hydroxyl groups excluding tert-OH is 1. The van der Waals surface area contributed by atoms with Gasteiger partial charge in [0.15, 0.2) is 0 Å². The molecule has 0 spiro atoms. The molecule has 0 bridgehead atoms. The van der Waals surface area contributed by atoms with E-state index in [9.17, 15) is 9.90 Å². The predicted octanol–water partition coefficient (Wildman–Crippen LogP) is 0.890. The molecule has 2 N–H and O–H groups in total. The van der Waals surface area contributed by atoms with E-state index < -0.39 is 0 Å². The van der Waals surface area contributed by atoms with Crippen molar-refractivity contribution in [2.75, 3.05) is 13.2 Å². The van der Waals surface area contributed by atoms with E-state index in [0.717, 1.165) is 19.4 Å². The second-order valence-corrected chi connectivity index (χ2v) is 5.44. The molecule has 0 aromatic carbocycles. The maximum atomic E-state index is 12.2. The summed E-state index contributed by atoms with van der Waals surface area (Å²) in [5.74, 6) is 0.0949. The first-order chi connectivity index (χ1) is 8.22. The van der Waals surface area contributed by atoms with Crippen molar-refractivity contribution in [2.24, 2.45) is 0 Å². The van der Waals surface area contributed by atoms with Crippen LogP contribution >= 0.6 is 0 Å². The van der Waals surface area contributed by atoms with Crippen LogP contribution in [0.25, 0.3) is 0 Å². The average molecular weight is 240 g/mol. The molecule has 2 atom stereocenters.